The highest BCUT2D eigenvalue weighted by atomic mass is 14.7. The van der Waals surface area contributed by atoms with Crippen LogP contribution in [0.1, 0.15) is 5.56 Å². The molecule has 0 radical (unpaired) electrons. The van der Waals surface area contributed by atoms with E-state index in [1.807, 2.05) is 24.4 Å². The van der Waals surface area contributed by atoms with Crippen LogP contribution in [0.25, 0.3) is 21.5 Å². The van der Waals surface area contributed by atoms with Gasteiger partial charge < -0.3 is 0 Å². The molecule has 0 saturated carbocycles. The monoisotopic (exact) mass is 268 g/mol. The number of nitrogens with zero attached hydrogens (tertiary/aromatic N) is 1. The van der Waals surface area contributed by atoms with Crippen molar-refractivity contribution >= 4 is 33.4 Å². The molecule has 0 amide bonds. The van der Waals surface area contributed by atoms with Crippen molar-refractivity contribution in [3.63, 3.8) is 0 Å². The van der Waals surface area contributed by atoms with Gasteiger partial charge >= 0.3 is 0 Å². The van der Waals surface area contributed by atoms with E-state index >= 15 is 0 Å². The minimum absolute atomic E-state index is 1.06. The molecular formula is C20H14N-. The maximum atomic E-state index is 4.77. The zero-order chi connectivity index (χ0) is 14.1. The van der Waals surface area contributed by atoms with Gasteiger partial charge in [0.1, 0.15) is 0 Å². The third-order valence-electron chi connectivity index (χ3n) is 3.80. The number of rotatable bonds is 2. The topological polar surface area (TPSA) is 12.4 Å². The summed E-state index contributed by atoms with van der Waals surface area (Å²) >= 11 is 0. The van der Waals surface area contributed by atoms with E-state index in [9.17, 15) is 0 Å². The van der Waals surface area contributed by atoms with Crippen molar-refractivity contribution in [1.29, 1.82) is 0 Å². The molecule has 0 atom stereocenters. The second-order valence-corrected chi connectivity index (χ2v) is 5.11. The highest BCUT2D eigenvalue weighted by Crippen LogP contribution is 2.39. The van der Waals surface area contributed by atoms with Gasteiger partial charge in [-0.2, -0.15) is 0 Å². The fourth-order valence-electron chi connectivity index (χ4n) is 2.81. The fraction of sp³-hybridized carbons (Fsp3) is 0. The van der Waals surface area contributed by atoms with Gasteiger partial charge in [-0.1, -0.05) is 70.1 Å². The van der Waals surface area contributed by atoms with Crippen molar-refractivity contribution in [2.75, 3.05) is 0 Å². The van der Waals surface area contributed by atoms with E-state index in [0.717, 1.165) is 11.3 Å². The zero-order valence-corrected chi connectivity index (χ0v) is 11.5. The molecule has 0 N–H and O–H groups in total. The molecule has 0 unspecified atom stereocenters. The van der Waals surface area contributed by atoms with E-state index in [0.29, 0.717) is 0 Å². The summed E-state index contributed by atoms with van der Waals surface area (Å²) in [6.07, 6.45) is 1.94. The second-order valence-electron chi connectivity index (χ2n) is 5.11. The van der Waals surface area contributed by atoms with Crippen molar-refractivity contribution in [3.05, 3.63) is 84.4 Å². The summed E-state index contributed by atoms with van der Waals surface area (Å²) in [5, 5.41) is 4.97. The Labute approximate surface area is 123 Å². The Bertz CT molecular complexity index is 877. The highest BCUT2D eigenvalue weighted by Gasteiger charge is 2.02. The quantitative estimate of drug-likeness (QED) is 0.338. The summed E-state index contributed by atoms with van der Waals surface area (Å²) in [6, 6.07) is 27.1. The SMILES string of the molecule is C(=Nc1c2ccccc2[c-]2ccccc12)c1ccccc1. The smallest absolute Gasteiger partial charge is 0.0264 e. The molecule has 4 aromatic rings. The lowest BCUT2D eigenvalue weighted by atomic mass is 10.2. The van der Waals surface area contributed by atoms with Crippen molar-refractivity contribution in [3.8, 4) is 0 Å². The highest BCUT2D eigenvalue weighted by molar-refractivity contribution is 6.21. The van der Waals surface area contributed by atoms with Crippen LogP contribution in [0.5, 0.6) is 0 Å². The second kappa shape index (κ2) is 4.95. The zero-order valence-electron chi connectivity index (χ0n) is 11.5. The largest absolute Gasteiger partial charge is 0.294 e. The van der Waals surface area contributed by atoms with E-state index in [2.05, 4.69) is 60.7 Å². The van der Waals surface area contributed by atoms with E-state index in [1.165, 1.54) is 21.5 Å². The fourth-order valence-corrected chi connectivity index (χ4v) is 2.81. The first-order valence-corrected chi connectivity index (χ1v) is 7.09. The molecule has 0 aliphatic carbocycles. The Morgan fingerprint density at radius 1 is 0.714 bits per heavy atom. The molecule has 0 spiro atoms. The summed E-state index contributed by atoms with van der Waals surface area (Å²) in [4.78, 5) is 4.77. The van der Waals surface area contributed by atoms with Gasteiger partial charge in [0.25, 0.3) is 0 Å². The predicted molar refractivity (Wildman–Crippen MR) is 90.7 cm³/mol. The van der Waals surface area contributed by atoms with Gasteiger partial charge in [-0.3, -0.25) is 4.99 Å². The standard InChI is InChI=1S/C20H14N/c1-2-8-15(9-3-1)14-21-20-18-12-6-4-10-16(18)17-11-5-7-13-19(17)20/h1-14H/q-1. The van der Waals surface area contributed by atoms with Gasteiger partial charge in [-0.15, -0.1) is 30.3 Å². The van der Waals surface area contributed by atoms with Crippen LogP contribution in [-0.2, 0) is 0 Å². The lowest BCUT2D eigenvalue weighted by molar-refractivity contribution is 1.60. The Morgan fingerprint density at radius 2 is 1.43 bits per heavy atom. The molecular weight excluding hydrogens is 254 g/mol. The van der Waals surface area contributed by atoms with Crippen molar-refractivity contribution < 1.29 is 0 Å². The van der Waals surface area contributed by atoms with E-state index < -0.39 is 0 Å². The van der Waals surface area contributed by atoms with Crippen LogP contribution in [0.4, 0.5) is 5.69 Å². The molecule has 21 heavy (non-hydrogen) atoms. The van der Waals surface area contributed by atoms with Crippen LogP contribution in [0.2, 0.25) is 0 Å². The summed E-state index contributed by atoms with van der Waals surface area (Å²) < 4.78 is 0. The average Bonchev–Trinajstić information content (AvgIpc) is 2.88. The molecule has 1 heteroatoms. The maximum absolute atomic E-state index is 4.77. The summed E-state index contributed by atoms with van der Waals surface area (Å²) in [5.41, 5.74) is 2.18. The summed E-state index contributed by atoms with van der Waals surface area (Å²) in [5.74, 6) is 0. The van der Waals surface area contributed by atoms with Gasteiger partial charge in [0.15, 0.2) is 0 Å². The van der Waals surface area contributed by atoms with Gasteiger partial charge in [0.05, 0.1) is 0 Å². The number of aliphatic imine (C=N–C) groups is 1. The van der Waals surface area contributed by atoms with Crippen LogP contribution in [0.15, 0.2) is 83.9 Å². The molecule has 0 bridgehead atoms. The third kappa shape index (κ3) is 2.03. The summed E-state index contributed by atoms with van der Waals surface area (Å²) in [6.45, 7) is 0. The number of hydrogen-bond donors (Lipinski definition) is 0. The molecule has 0 fully saturated rings. The Hall–Kier alpha value is -2.80. The first kappa shape index (κ1) is 12.0. The molecule has 0 heterocycles. The lowest BCUT2D eigenvalue weighted by Crippen LogP contribution is -1.77. The molecule has 100 valence electrons. The summed E-state index contributed by atoms with van der Waals surface area (Å²) in [7, 11) is 0. The Balaban J connectivity index is 1.96. The van der Waals surface area contributed by atoms with Crippen LogP contribution in [0, 0.1) is 0 Å². The molecule has 0 aromatic heterocycles. The number of fused-ring (bicyclic) bond motifs is 3. The number of benzene rings is 3. The molecule has 1 nitrogen and oxygen atoms in total. The van der Waals surface area contributed by atoms with E-state index in [1.54, 1.807) is 0 Å². The lowest BCUT2D eigenvalue weighted by Gasteiger charge is -2.00. The first-order chi connectivity index (χ1) is 10.4. The van der Waals surface area contributed by atoms with Crippen LogP contribution in [-0.4, -0.2) is 6.21 Å². The Kier molecular flexibility index (Phi) is 2.82. The number of hydrogen-bond acceptors (Lipinski definition) is 1. The molecule has 4 aromatic carbocycles. The van der Waals surface area contributed by atoms with Gasteiger partial charge in [-0.25, -0.2) is 0 Å². The van der Waals surface area contributed by atoms with Gasteiger partial charge in [0.2, 0.25) is 0 Å². The third-order valence-corrected chi connectivity index (χ3v) is 3.80. The predicted octanol–water partition coefficient (Wildman–Crippen LogP) is 5.46. The van der Waals surface area contributed by atoms with E-state index in [4.69, 9.17) is 4.99 Å². The van der Waals surface area contributed by atoms with Crippen LogP contribution < -0.4 is 0 Å². The molecule has 0 aliphatic rings. The minimum Gasteiger partial charge on any atom is -0.294 e. The molecule has 0 saturated heterocycles. The van der Waals surface area contributed by atoms with Gasteiger partial charge in [0, 0.05) is 6.21 Å². The average molecular weight is 268 g/mol. The van der Waals surface area contributed by atoms with Crippen LogP contribution >= 0.6 is 0 Å². The molecule has 0 aliphatic heterocycles. The van der Waals surface area contributed by atoms with Crippen molar-refractivity contribution in [2.24, 2.45) is 4.99 Å². The van der Waals surface area contributed by atoms with Crippen LogP contribution in [0.3, 0.4) is 0 Å². The van der Waals surface area contributed by atoms with Crippen molar-refractivity contribution in [1.82, 2.24) is 0 Å². The van der Waals surface area contributed by atoms with E-state index in [-0.39, 0.29) is 0 Å². The maximum Gasteiger partial charge on any atom is 0.0264 e. The minimum atomic E-state index is 1.06. The van der Waals surface area contributed by atoms with Crippen molar-refractivity contribution in [2.45, 2.75) is 0 Å². The normalized spacial score (nSPS) is 11.6. The molecule has 4 rings (SSSR count). The Morgan fingerprint density at radius 3 is 2.33 bits per heavy atom. The first-order valence-electron chi connectivity index (χ1n) is 7.09. The van der Waals surface area contributed by atoms with Gasteiger partial charge in [-0.05, 0) is 11.3 Å².